The fraction of sp³-hybridized carbons (Fsp3) is 0.575. The predicted octanol–water partition coefficient (Wildman–Crippen LogP) is 1.06. The molecule has 12 N–H and O–H groups in total. The van der Waals surface area contributed by atoms with Gasteiger partial charge < -0.3 is 58.3 Å². The Bertz CT molecular complexity index is 1920. The van der Waals surface area contributed by atoms with Gasteiger partial charge in [0.25, 0.3) is 0 Å². The highest BCUT2D eigenvalue weighted by Crippen LogP contribution is 2.21. The summed E-state index contributed by atoms with van der Waals surface area (Å²) >= 11 is 0. The number of nitrogens with two attached hydrogens (primary N) is 3. The molecule has 0 saturated carbocycles. The van der Waals surface area contributed by atoms with E-state index in [-0.39, 0.29) is 56.1 Å². The lowest BCUT2D eigenvalue weighted by molar-refractivity contribution is -0.134. The number of fused-ring (bicyclic) bond motifs is 1. The molecule has 4 atom stereocenters. The summed E-state index contributed by atoms with van der Waals surface area (Å²) in [7, 11) is 0. The number of ether oxygens (including phenoxy) is 1. The molecule has 7 amide bonds. The number of primary amides is 1. The molecule has 0 radical (unpaired) electrons. The van der Waals surface area contributed by atoms with Crippen LogP contribution >= 0.6 is 0 Å². The van der Waals surface area contributed by atoms with Crippen LogP contribution in [0.3, 0.4) is 0 Å². The Balaban J connectivity index is 2.20. The zero-order valence-electron chi connectivity index (χ0n) is 35.5. The van der Waals surface area contributed by atoms with Crippen molar-refractivity contribution in [3.63, 3.8) is 0 Å². The van der Waals surface area contributed by atoms with Gasteiger partial charge in [-0.05, 0) is 83.4 Å². The van der Waals surface area contributed by atoms with E-state index in [9.17, 15) is 38.4 Å². The summed E-state index contributed by atoms with van der Waals surface area (Å²) in [5.74, 6) is -4.60. The number of alkyl carbamates (subject to hydrolysis) is 1. The molecule has 1 aromatic heterocycles. The van der Waals surface area contributed by atoms with E-state index in [1.807, 2.05) is 20.8 Å². The lowest BCUT2D eigenvalue weighted by Gasteiger charge is -2.27. The van der Waals surface area contributed by atoms with E-state index in [0.29, 0.717) is 35.9 Å². The molecule has 0 bridgehead atoms. The molecular weight excluding hydrogens is 780 g/mol. The molecule has 0 spiro atoms. The van der Waals surface area contributed by atoms with E-state index in [0.717, 1.165) is 0 Å². The van der Waals surface area contributed by atoms with Crippen LogP contribution in [0.4, 0.5) is 10.5 Å². The largest absolute Gasteiger partial charge is 0.444 e. The van der Waals surface area contributed by atoms with Gasteiger partial charge in [-0.3, -0.25) is 33.8 Å². The van der Waals surface area contributed by atoms with Crippen molar-refractivity contribution in [2.24, 2.45) is 28.1 Å². The van der Waals surface area contributed by atoms with Crippen molar-refractivity contribution in [2.45, 2.75) is 130 Å². The van der Waals surface area contributed by atoms with Crippen LogP contribution in [0.1, 0.15) is 98.5 Å². The predicted molar refractivity (Wildman–Crippen MR) is 225 cm³/mol. The molecule has 0 fully saturated rings. The topological polar surface area (TPSA) is 322 Å². The third-order valence-corrected chi connectivity index (χ3v) is 8.75. The summed E-state index contributed by atoms with van der Waals surface area (Å²) in [6.07, 6.45) is 0.684. The van der Waals surface area contributed by atoms with Crippen LogP contribution in [-0.2, 0) is 33.5 Å². The maximum atomic E-state index is 13.7. The first-order valence-electron chi connectivity index (χ1n) is 19.9. The first-order valence-corrected chi connectivity index (χ1v) is 19.9. The second kappa shape index (κ2) is 24.0. The summed E-state index contributed by atoms with van der Waals surface area (Å²) in [4.78, 5) is 107. The number of nitrogens with zero attached hydrogens (tertiary/aromatic N) is 1. The highest BCUT2D eigenvalue weighted by atomic mass is 16.6. The number of nitrogens with one attached hydrogen (secondary N) is 6. The Kier molecular flexibility index (Phi) is 20.0. The molecule has 1 aromatic carbocycles. The number of amides is 7. The number of benzene rings is 1. The summed E-state index contributed by atoms with van der Waals surface area (Å²) in [6, 6.07) is 1.42. The van der Waals surface area contributed by atoms with Crippen molar-refractivity contribution < 1.29 is 42.7 Å². The molecule has 0 aliphatic rings. The summed E-state index contributed by atoms with van der Waals surface area (Å²) in [6.45, 7) is 11.9. The SMILES string of the molecule is CCCC[C@H](NC(=O)OC(C)(C)C)C(=O)N[C@@H](CCC(N)=O)C(=O)N[C@@H](CC(C)C)C(=O)NCC(=O)N[C@@H](CCCN=C(N)N)C(=O)Nc1ccc2c(C)cc(=O)oc2c1. The minimum Gasteiger partial charge on any atom is -0.444 e. The quantitative estimate of drug-likeness (QED) is 0.0328. The van der Waals surface area contributed by atoms with Gasteiger partial charge in [0.2, 0.25) is 35.4 Å². The molecule has 2 rings (SSSR count). The summed E-state index contributed by atoms with van der Waals surface area (Å²) < 4.78 is 10.6. The lowest BCUT2D eigenvalue weighted by Crippen LogP contribution is -2.57. The number of unbranched alkanes of at least 4 members (excludes halogenated alkanes) is 1. The number of anilines is 1. The van der Waals surface area contributed by atoms with Gasteiger partial charge in [-0.25, -0.2) is 9.59 Å². The van der Waals surface area contributed by atoms with Crippen molar-refractivity contribution in [2.75, 3.05) is 18.4 Å². The Labute approximate surface area is 349 Å². The molecule has 20 heteroatoms. The number of guanidine groups is 1. The zero-order chi connectivity index (χ0) is 45.2. The van der Waals surface area contributed by atoms with Gasteiger partial charge in [-0.2, -0.15) is 0 Å². The van der Waals surface area contributed by atoms with Gasteiger partial charge >= 0.3 is 11.7 Å². The Morgan fingerprint density at radius 1 is 0.800 bits per heavy atom. The van der Waals surface area contributed by atoms with Gasteiger partial charge in [0, 0.05) is 36.2 Å². The summed E-state index contributed by atoms with van der Waals surface area (Å²) in [5.41, 5.74) is 16.1. The zero-order valence-corrected chi connectivity index (χ0v) is 35.5. The van der Waals surface area contributed by atoms with Crippen LogP contribution in [0, 0.1) is 12.8 Å². The number of hydrogen-bond donors (Lipinski definition) is 9. The van der Waals surface area contributed by atoms with Crippen LogP contribution in [0.5, 0.6) is 0 Å². The van der Waals surface area contributed by atoms with Crippen LogP contribution in [0.25, 0.3) is 11.0 Å². The average molecular weight is 843 g/mol. The van der Waals surface area contributed by atoms with E-state index in [4.69, 9.17) is 26.4 Å². The fourth-order valence-electron chi connectivity index (χ4n) is 5.87. The first-order chi connectivity index (χ1) is 28.1. The molecule has 2 aromatic rings. The minimum atomic E-state index is -1.33. The second-order valence-corrected chi connectivity index (χ2v) is 15.8. The van der Waals surface area contributed by atoms with Crippen LogP contribution in [-0.4, -0.2) is 90.4 Å². The number of aliphatic imine (C=N–C) groups is 1. The standard InChI is InChI=1S/C40H62N10O10/c1-8-9-11-27(50-39(58)60-40(5,6)7)36(56)48-28(15-16-31(41)51)37(57)49-29(18-22(2)3)34(54)45-21-32(52)47-26(12-10-17-44-38(42)43)35(55)46-24-13-14-25-23(4)19-33(53)59-30(25)20-24/h13-14,19-20,22,26-29H,8-12,15-18,21H2,1-7H3,(H2,41,51)(H,45,54)(H,46,55)(H,47,52)(H,48,56)(H,49,57)(H,50,58)(H4,42,43,44)/t26-,27-,28-,29-/m0/s1. The number of carbonyl (C=O) groups is 7. The number of rotatable bonds is 23. The highest BCUT2D eigenvalue weighted by Gasteiger charge is 2.31. The van der Waals surface area contributed by atoms with E-state index in [1.54, 1.807) is 39.8 Å². The molecule has 0 saturated heterocycles. The maximum absolute atomic E-state index is 13.7. The van der Waals surface area contributed by atoms with E-state index < -0.39 is 83.5 Å². The average Bonchev–Trinajstić information content (AvgIpc) is 3.13. The van der Waals surface area contributed by atoms with Gasteiger partial charge in [-0.1, -0.05) is 33.6 Å². The van der Waals surface area contributed by atoms with Crippen LogP contribution in [0.15, 0.2) is 38.5 Å². The fourth-order valence-corrected chi connectivity index (χ4v) is 5.87. The highest BCUT2D eigenvalue weighted by molar-refractivity contribution is 5.99. The maximum Gasteiger partial charge on any atom is 0.408 e. The van der Waals surface area contributed by atoms with E-state index in [1.165, 1.54) is 12.1 Å². The van der Waals surface area contributed by atoms with E-state index in [2.05, 4.69) is 36.9 Å². The van der Waals surface area contributed by atoms with E-state index >= 15 is 0 Å². The Morgan fingerprint density at radius 3 is 2.02 bits per heavy atom. The second-order valence-electron chi connectivity index (χ2n) is 15.8. The molecule has 332 valence electrons. The van der Waals surface area contributed by atoms with Crippen molar-refractivity contribution >= 4 is 64.2 Å². The molecule has 60 heavy (non-hydrogen) atoms. The van der Waals surface area contributed by atoms with Gasteiger partial charge in [-0.15, -0.1) is 0 Å². The smallest absolute Gasteiger partial charge is 0.408 e. The third-order valence-electron chi connectivity index (χ3n) is 8.75. The molecule has 0 unspecified atom stereocenters. The lowest BCUT2D eigenvalue weighted by atomic mass is 10.0. The van der Waals surface area contributed by atoms with Gasteiger partial charge in [0.1, 0.15) is 35.4 Å². The number of carbonyl (C=O) groups excluding carboxylic acids is 7. The Hall–Kier alpha value is -6.21. The number of hydrogen-bond acceptors (Lipinski definition) is 11. The van der Waals surface area contributed by atoms with Gasteiger partial charge in [0.05, 0.1) is 6.54 Å². The van der Waals surface area contributed by atoms with Crippen LogP contribution < -0.4 is 54.7 Å². The normalized spacial score (nSPS) is 13.2. The molecule has 20 nitrogen and oxygen atoms in total. The molecular formula is C40H62N10O10. The van der Waals surface area contributed by atoms with Crippen molar-refractivity contribution in [3.05, 3.63) is 40.2 Å². The summed E-state index contributed by atoms with van der Waals surface area (Å²) in [5, 5.41) is 16.2. The monoisotopic (exact) mass is 842 g/mol. The molecule has 1 heterocycles. The van der Waals surface area contributed by atoms with Crippen LogP contribution in [0.2, 0.25) is 0 Å². The van der Waals surface area contributed by atoms with Crippen molar-refractivity contribution in [1.29, 1.82) is 0 Å². The van der Waals surface area contributed by atoms with Crippen molar-refractivity contribution in [3.8, 4) is 0 Å². The molecule has 0 aliphatic heterocycles. The van der Waals surface area contributed by atoms with Gasteiger partial charge in [0.15, 0.2) is 5.96 Å². The first kappa shape index (κ1) is 49.9. The van der Waals surface area contributed by atoms with Crippen molar-refractivity contribution in [1.82, 2.24) is 26.6 Å². The molecule has 0 aliphatic carbocycles. The minimum absolute atomic E-state index is 0.0983. The third kappa shape index (κ3) is 18.6. The number of aryl methyl sites for hydroxylation is 1. The Morgan fingerprint density at radius 2 is 1.42 bits per heavy atom.